The lowest BCUT2D eigenvalue weighted by atomic mass is 9.96. The maximum Gasteiger partial charge on any atom is 0.155 e. The molecule has 24 heavy (non-hydrogen) atoms. The van der Waals surface area contributed by atoms with Crippen molar-refractivity contribution in [3.63, 3.8) is 0 Å². The predicted molar refractivity (Wildman–Crippen MR) is 108 cm³/mol. The molecule has 0 aromatic heterocycles. The summed E-state index contributed by atoms with van der Waals surface area (Å²) in [6.07, 6.45) is 6.28. The number of benzene rings is 2. The molecule has 0 heterocycles. The SMILES string of the molecule is Cl.NC(=NC1CCCCC1)SC(c1ccccc1)c1ccccc1. The highest BCUT2D eigenvalue weighted by molar-refractivity contribution is 8.14. The summed E-state index contributed by atoms with van der Waals surface area (Å²) in [6, 6.07) is 21.5. The summed E-state index contributed by atoms with van der Waals surface area (Å²) in [5.41, 5.74) is 8.83. The van der Waals surface area contributed by atoms with Crippen molar-refractivity contribution < 1.29 is 0 Å². The van der Waals surface area contributed by atoms with Crippen LogP contribution in [-0.2, 0) is 0 Å². The summed E-state index contributed by atoms with van der Waals surface area (Å²) in [5.74, 6) is 0. The lowest BCUT2D eigenvalue weighted by molar-refractivity contribution is 0.444. The van der Waals surface area contributed by atoms with E-state index in [-0.39, 0.29) is 17.7 Å². The first-order valence-corrected chi connectivity index (χ1v) is 9.31. The van der Waals surface area contributed by atoms with E-state index in [2.05, 4.69) is 60.7 Å². The van der Waals surface area contributed by atoms with Crippen molar-refractivity contribution in [3.05, 3.63) is 71.8 Å². The van der Waals surface area contributed by atoms with E-state index in [1.807, 2.05) is 0 Å². The number of rotatable bonds is 4. The number of amidine groups is 1. The van der Waals surface area contributed by atoms with Crippen LogP contribution in [0.4, 0.5) is 0 Å². The zero-order valence-electron chi connectivity index (χ0n) is 13.8. The summed E-state index contributed by atoms with van der Waals surface area (Å²) in [7, 11) is 0. The van der Waals surface area contributed by atoms with Gasteiger partial charge in [-0.25, -0.2) is 0 Å². The molecule has 128 valence electrons. The summed E-state index contributed by atoms with van der Waals surface area (Å²) >= 11 is 1.67. The van der Waals surface area contributed by atoms with Crippen LogP contribution in [0.5, 0.6) is 0 Å². The van der Waals surface area contributed by atoms with Crippen molar-refractivity contribution in [2.75, 3.05) is 0 Å². The van der Waals surface area contributed by atoms with Crippen LogP contribution in [0, 0.1) is 0 Å². The maximum absolute atomic E-state index is 6.29. The highest BCUT2D eigenvalue weighted by Gasteiger charge is 2.18. The van der Waals surface area contributed by atoms with E-state index in [0.29, 0.717) is 6.04 Å². The van der Waals surface area contributed by atoms with Crippen LogP contribution in [0.1, 0.15) is 48.5 Å². The van der Waals surface area contributed by atoms with E-state index in [9.17, 15) is 0 Å². The van der Waals surface area contributed by atoms with Gasteiger partial charge in [-0.15, -0.1) is 12.4 Å². The van der Waals surface area contributed by atoms with Crippen molar-refractivity contribution in [2.24, 2.45) is 10.7 Å². The molecular weight excluding hydrogens is 336 g/mol. The first-order chi connectivity index (χ1) is 11.3. The number of hydrogen-bond acceptors (Lipinski definition) is 2. The number of thioether (sulfide) groups is 1. The highest BCUT2D eigenvalue weighted by atomic mass is 35.5. The average molecular weight is 361 g/mol. The van der Waals surface area contributed by atoms with Crippen molar-refractivity contribution >= 4 is 29.3 Å². The molecule has 0 amide bonds. The van der Waals surface area contributed by atoms with Gasteiger partial charge in [0.1, 0.15) is 0 Å². The van der Waals surface area contributed by atoms with E-state index in [1.165, 1.54) is 43.2 Å². The van der Waals surface area contributed by atoms with E-state index in [4.69, 9.17) is 10.7 Å². The standard InChI is InChI=1S/C20H24N2S.ClH/c21-20(22-18-14-8-3-9-15-18)23-19(16-10-4-1-5-11-16)17-12-6-2-7-13-17;/h1-2,4-7,10-13,18-19H,3,8-9,14-15H2,(H2,21,22);1H. The first kappa shape index (κ1) is 18.9. The number of nitrogens with zero attached hydrogens (tertiary/aromatic N) is 1. The van der Waals surface area contributed by atoms with Crippen molar-refractivity contribution in [3.8, 4) is 0 Å². The molecule has 0 atom stereocenters. The topological polar surface area (TPSA) is 38.4 Å². The normalized spacial score (nSPS) is 16.0. The molecule has 3 rings (SSSR count). The fourth-order valence-corrected chi connectivity index (χ4v) is 4.16. The summed E-state index contributed by atoms with van der Waals surface area (Å²) < 4.78 is 0. The minimum Gasteiger partial charge on any atom is -0.379 e. The number of halogens is 1. The van der Waals surface area contributed by atoms with E-state index < -0.39 is 0 Å². The average Bonchev–Trinajstić information content (AvgIpc) is 2.62. The third-order valence-electron chi connectivity index (χ3n) is 4.33. The number of nitrogens with two attached hydrogens (primary N) is 1. The molecular formula is C20H25ClN2S. The van der Waals surface area contributed by atoms with Gasteiger partial charge in [-0.05, 0) is 24.0 Å². The van der Waals surface area contributed by atoms with Crippen LogP contribution in [0.2, 0.25) is 0 Å². The smallest absolute Gasteiger partial charge is 0.155 e. The van der Waals surface area contributed by atoms with Gasteiger partial charge in [0, 0.05) is 0 Å². The molecule has 1 aliphatic carbocycles. The monoisotopic (exact) mass is 360 g/mol. The molecule has 1 aliphatic rings. The van der Waals surface area contributed by atoms with Crippen LogP contribution >= 0.6 is 24.2 Å². The molecule has 0 spiro atoms. The van der Waals surface area contributed by atoms with Crippen LogP contribution in [-0.4, -0.2) is 11.2 Å². The molecule has 0 aliphatic heterocycles. The molecule has 1 fully saturated rings. The van der Waals surface area contributed by atoms with E-state index >= 15 is 0 Å². The number of hydrogen-bond donors (Lipinski definition) is 1. The van der Waals surface area contributed by atoms with Gasteiger partial charge in [-0.2, -0.15) is 0 Å². The minimum atomic E-state index is 0. The second-order valence-corrected chi connectivity index (χ2v) is 7.20. The molecule has 0 bridgehead atoms. The molecule has 4 heteroatoms. The predicted octanol–water partition coefficient (Wildman–Crippen LogP) is 5.58. The van der Waals surface area contributed by atoms with Crippen molar-refractivity contribution in [2.45, 2.75) is 43.4 Å². The molecule has 2 N–H and O–H groups in total. The lowest BCUT2D eigenvalue weighted by Gasteiger charge is -2.20. The van der Waals surface area contributed by atoms with Gasteiger partial charge in [0.05, 0.1) is 11.3 Å². The van der Waals surface area contributed by atoms with Gasteiger partial charge in [0.25, 0.3) is 0 Å². The van der Waals surface area contributed by atoms with Gasteiger partial charge in [-0.3, -0.25) is 4.99 Å². The van der Waals surface area contributed by atoms with Gasteiger partial charge in [0.2, 0.25) is 0 Å². The second kappa shape index (κ2) is 9.75. The minimum absolute atomic E-state index is 0. The van der Waals surface area contributed by atoms with Crippen molar-refractivity contribution in [1.82, 2.24) is 0 Å². The largest absolute Gasteiger partial charge is 0.379 e. The van der Waals surface area contributed by atoms with Gasteiger partial charge in [0.15, 0.2) is 5.17 Å². The first-order valence-electron chi connectivity index (χ1n) is 8.43. The molecule has 2 aromatic rings. The molecule has 0 radical (unpaired) electrons. The Bertz CT molecular complexity index is 585. The Balaban J connectivity index is 0.00000208. The lowest BCUT2D eigenvalue weighted by Crippen LogP contribution is -2.17. The fraction of sp³-hybridized carbons (Fsp3) is 0.350. The van der Waals surface area contributed by atoms with Gasteiger partial charge in [-0.1, -0.05) is 91.7 Å². The fourth-order valence-electron chi connectivity index (χ4n) is 3.13. The Hall–Kier alpha value is -1.45. The third kappa shape index (κ3) is 5.29. The molecule has 2 aromatic carbocycles. The highest BCUT2D eigenvalue weighted by Crippen LogP contribution is 2.36. The third-order valence-corrected chi connectivity index (χ3v) is 5.45. The van der Waals surface area contributed by atoms with Crippen molar-refractivity contribution in [1.29, 1.82) is 0 Å². The Morgan fingerprint density at radius 3 is 1.88 bits per heavy atom. The zero-order chi connectivity index (χ0) is 15.9. The molecule has 1 saturated carbocycles. The molecule has 2 nitrogen and oxygen atoms in total. The van der Waals surface area contributed by atoms with Crippen LogP contribution in [0.25, 0.3) is 0 Å². The Morgan fingerprint density at radius 2 is 1.38 bits per heavy atom. The molecule has 0 saturated heterocycles. The summed E-state index contributed by atoms with van der Waals surface area (Å²) in [6.45, 7) is 0. The molecule has 0 unspecified atom stereocenters. The Morgan fingerprint density at radius 1 is 0.875 bits per heavy atom. The second-order valence-electron chi connectivity index (χ2n) is 6.08. The van der Waals surface area contributed by atoms with Gasteiger partial charge < -0.3 is 5.73 Å². The number of aliphatic imine (C=N–C) groups is 1. The van der Waals surface area contributed by atoms with E-state index in [0.717, 1.165) is 5.17 Å². The van der Waals surface area contributed by atoms with Crippen LogP contribution < -0.4 is 5.73 Å². The zero-order valence-corrected chi connectivity index (χ0v) is 15.4. The maximum atomic E-state index is 6.29. The summed E-state index contributed by atoms with van der Waals surface area (Å²) in [5, 5.41) is 0.916. The summed E-state index contributed by atoms with van der Waals surface area (Å²) in [4.78, 5) is 4.78. The Kier molecular flexibility index (Phi) is 7.67. The quantitative estimate of drug-likeness (QED) is 0.571. The van der Waals surface area contributed by atoms with Crippen LogP contribution in [0.15, 0.2) is 65.7 Å². The van der Waals surface area contributed by atoms with Crippen LogP contribution in [0.3, 0.4) is 0 Å². The Labute approximate surface area is 155 Å². The van der Waals surface area contributed by atoms with E-state index in [1.54, 1.807) is 11.8 Å². The van der Waals surface area contributed by atoms with Gasteiger partial charge >= 0.3 is 0 Å².